The monoisotopic (exact) mass is 315 g/mol. The van der Waals surface area contributed by atoms with Crippen LogP contribution in [0.15, 0.2) is 29.1 Å². The number of likely N-dealkylation sites (N-methyl/N-ethyl adjacent to an activating group) is 1. The molecule has 2 aromatic rings. The molecule has 3 rings (SSSR count). The minimum atomic E-state index is -0.139. The summed E-state index contributed by atoms with van der Waals surface area (Å²) in [5.41, 5.74) is 0.252. The summed E-state index contributed by atoms with van der Waals surface area (Å²) in [5, 5.41) is 5.55. The second kappa shape index (κ2) is 6.50. The number of aromatic nitrogens is 2. The molecule has 1 saturated heterocycles. The van der Waals surface area contributed by atoms with Crippen LogP contribution in [0, 0.1) is 0 Å². The number of carbonyl (C=O) groups excluding carboxylic acids is 1. The zero-order valence-corrected chi connectivity index (χ0v) is 13.7. The van der Waals surface area contributed by atoms with Gasteiger partial charge < -0.3 is 9.80 Å². The molecular weight excluding hydrogens is 292 g/mol. The number of quaternary nitrogens is 1. The first kappa shape index (κ1) is 15.7. The van der Waals surface area contributed by atoms with Crippen molar-refractivity contribution >= 4 is 16.7 Å². The summed E-state index contributed by atoms with van der Waals surface area (Å²) >= 11 is 0. The van der Waals surface area contributed by atoms with Gasteiger partial charge in [-0.3, -0.25) is 9.59 Å². The van der Waals surface area contributed by atoms with Crippen LogP contribution in [-0.4, -0.2) is 53.3 Å². The Bertz CT molecular complexity index is 776. The largest absolute Gasteiger partial charge is 0.332 e. The van der Waals surface area contributed by atoms with Gasteiger partial charge in [0, 0.05) is 11.9 Å². The summed E-state index contributed by atoms with van der Waals surface area (Å²) in [5.74, 6) is -0.0708. The Kier molecular flexibility index (Phi) is 4.43. The number of hydrogen-bond donors (Lipinski definition) is 1. The van der Waals surface area contributed by atoms with Crippen LogP contribution < -0.4 is 10.5 Å². The predicted octanol–water partition coefficient (Wildman–Crippen LogP) is -0.223. The lowest BCUT2D eigenvalue weighted by atomic mass is 10.1. The molecule has 1 amide bonds. The van der Waals surface area contributed by atoms with Gasteiger partial charge in [-0.05, 0) is 19.9 Å². The molecule has 0 saturated carbocycles. The number of nitrogens with one attached hydrogen (secondary N) is 1. The molecule has 1 aliphatic rings. The van der Waals surface area contributed by atoms with Crippen molar-refractivity contribution in [3.05, 3.63) is 40.3 Å². The summed E-state index contributed by atoms with van der Waals surface area (Å²) in [6.45, 7) is 8.98. The number of aryl methyl sites for hydroxylation is 1. The quantitative estimate of drug-likeness (QED) is 0.852. The van der Waals surface area contributed by atoms with Gasteiger partial charge >= 0.3 is 0 Å². The zero-order chi connectivity index (χ0) is 16.4. The van der Waals surface area contributed by atoms with Crippen molar-refractivity contribution in [3.63, 3.8) is 0 Å². The highest BCUT2D eigenvalue weighted by molar-refractivity contribution is 6.04. The van der Waals surface area contributed by atoms with Crippen molar-refractivity contribution < 1.29 is 9.69 Å². The maximum atomic E-state index is 12.9. The second-order valence-corrected chi connectivity index (χ2v) is 5.91. The van der Waals surface area contributed by atoms with Gasteiger partial charge in [-0.2, -0.15) is 5.10 Å². The van der Waals surface area contributed by atoms with E-state index in [1.165, 1.54) is 9.58 Å². The van der Waals surface area contributed by atoms with E-state index in [2.05, 4.69) is 12.0 Å². The molecule has 122 valence electrons. The van der Waals surface area contributed by atoms with Crippen molar-refractivity contribution in [2.75, 3.05) is 32.7 Å². The van der Waals surface area contributed by atoms with Crippen molar-refractivity contribution in [3.8, 4) is 0 Å². The Balaban J connectivity index is 2.01. The highest BCUT2D eigenvalue weighted by Gasteiger charge is 2.26. The van der Waals surface area contributed by atoms with Gasteiger partial charge in [-0.25, -0.2) is 4.68 Å². The van der Waals surface area contributed by atoms with E-state index in [9.17, 15) is 9.59 Å². The number of nitrogens with zero attached hydrogens (tertiary/aromatic N) is 3. The number of benzene rings is 1. The number of amides is 1. The van der Waals surface area contributed by atoms with E-state index >= 15 is 0 Å². The fraction of sp³-hybridized carbons (Fsp3) is 0.471. The SMILES string of the molecule is CCn1nc(C(=O)N2CC[NH+](CC)CC2)c2ccccc2c1=O. The zero-order valence-electron chi connectivity index (χ0n) is 13.7. The molecule has 0 aliphatic carbocycles. The molecule has 0 radical (unpaired) electrons. The Labute approximate surface area is 135 Å². The van der Waals surface area contributed by atoms with E-state index in [1.54, 1.807) is 6.07 Å². The predicted molar refractivity (Wildman–Crippen MR) is 88.8 cm³/mol. The van der Waals surface area contributed by atoms with Crippen molar-refractivity contribution in [2.24, 2.45) is 0 Å². The van der Waals surface area contributed by atoms with Crippen LogP contribution in [0.5, 0.6) is 0 Å². The minimum absolute atomic E-state index is 0.0708. The minimum Gasteiger partial charge on any atom is -0.332 e. The number of hydrogen-bond acceptors (Lipinski definition) is 3. The third kappa shape index (κ3) is 2.86. The average Bonchev–Trinajstić information content (AvgIpc) is 2.62. The lowest BCUT2D eigenvalue weighted by molar-refractivity contribution is -0.902. The molecule has 0 atom stereocenters. The van der Waals surface area contributed by atoms with E-state index in [1.807, 2.05) is 30.0 Å². The van der Waals surface area contributed by atoms with Gasteiger partial charge in [0.15, 0.2) is 5.69 Å². The summed E-state index contributed by atoms with van der Waals surface area (Å²) in [4.78, 5) is 28.7. The van der Waals surface area contributed by atoms with Crippen LogP contribution in [0.25, 0.3) is 10.8 Å². The van der Waals surface area contributed by atoms with Gasteiger partial charge in [0.05, 0.1) is 38.1 Å². The summed E-state index contributed by atoms with van der Waals surface area (Å²) < 4.78 is 1.38. The highest BCUT2D eigenvalue weighted by atomic mass is 16.2. The van der Waals surface area contributed by atoms with Crippen LogP contribution in [0.4, 0.5) is 0 Å². The molecule has 1 aromatic carbocycles. The first-order chi connectivity index (χ1) is 11.2. The first-order valence-corrected chi connectivity index (χ1v) is 8.28. The lowest BCUT2D eigenvalue weighted by Crippen LogP contribution is -3.14. The highest BCUT2D eigenvalue weighted by Crippen LogP contribution is 2.15. The molecule has 0 unspecified atom stereocenters. The standard InChI is InChI=1S/C17H22N4O2/c1-3-19-9-11-20(12-10-19)17(23)15-13-7-5-6-8-14(13)16(22)21(4-2)18-15/h5-8H,3-4,9-12H2,1-2H3/p+1. The Morgan fingerprint density at radius 2 is 1.83 bits per heavy atom. The van der Waals surface area contributed by atoms with Gasteiger partial charge in [0.25, 0.3) is 11.5 Å². The molecule has 1 aromatic heterocycles. The van der Waals surface area contributed by atoms with Crippen molar-refractivity contribution in [1.29, 1.82) is 0 Å². The number of piperazine rings is 1. The van der Waals surface area contributed by atoms with Crippen LogP contribution in [0.1, 0.15) is 24.3 Å². The van der Waals surface area contributed by atoms with E-state index < -0.39 is 0 Å². The summed E-state index contributed by atoms with van der Waals surface area (Å²) in [7, 11) is 0. The van der Waals surface area contributed by atoms with Crippen LogP contribution in [0.3, 0.4) is 0 Å². The van der Waals surface area contributed by atoms with Gasteiger partial charge in [-0.15, -0.1) is 0 Å². The van der Waals surface area contributed by atoms with Gasteiger partial charge in [-0.1, -0.05) is 18.2 Å². The maximum absolute atomic E-state index is 12.9. The van der Waals surface area contributed by atoms with Crippen molar-refractivity contribution in [2.45, 2.75) is 20.4 Å². The number of carbonyl (C=O) groups is 1. The molecule has 23 heavy (non-hydrogen) atoms. The lowest BCUT2D eigenvalue weighted by Gasteiger charge is -2.31. The van der Waals surface area contributed by atoms with E-state index in [0.717, 1.165) is 32.7 Å². The Morgan fingerprint density at radius 1 is 1.17 bits per heavy atom. The molecule has 6 nitrogen and oxygen atoms in total. The van der Waals surface area contributed by atoms with Crippen LogP contribution in [-0.2, 0) is 6.54 Å². The van der Waals surface area contributed by atoms with Gasteiger partial charge in [0.2, 0.25) is 0 Å². The van der Waals surface area contributed by atoms with E-state index in [4.69, 9.17) is 0 Å². The maximum Gasteiger partial charge on any atom is 0.275 e. The Hall–Kier alpha value is -2.21. The molecule has 1 fully saturated rings. The summed E-state index contributed by atoms with van der Waals surface area (Å²) in [6.07, 6.45) is 0. The second-order valence-electron chi connectivity index (χ2n) is 5.91. The van der Waals surface area contributed by atoms with Crippen LogP contribution in [0.2, 0.25) is 0 Å². The Morgan fingerprint density at radius 3 is 2.43 bits per heavy atom. The smallest absolute Gasteiger partial charge is 0.275 e. The fourth-order valence-corrected chi connectivity index (χ4v) is 3.14. The molecule has 0 bridgehead atoms. The van der Waals surface area contributed by atoms with E-state index in [0.29, 0.717) is 23.0 Å². The molecular formula is C17H23N4O2+. The van der Waals surface area contributed by atoms with Crippen molar-refractivity contribution in [1.82, 2.24) is 14.7 Å². The molecule has 2 heterocycles. The third-order valence-corrected chi connectivity index (χ3v) is 4.63. The molecule has 1 aliphatic heterocycles. The molecule has 1 N–H and O–H groups in total. The topological polar surface area (TPSA) is 59.6 Å². The average molecular weight is 315 g/mol. The first-order valence-electron chi connectivity index (χ1n) is 8.28. The van der Waals surface area contributed by atoms with Gasteiger partial charge in [0.1, 0.15) is 0 Å². The number of rotatable bonds is 3. The van der Waals surface area contributed by atoms with Crippen LogP contribution >= 0.6 is 0 Å². The number of fused-ring (bicyclic) bond motifs is 1. The fourth-order valence-electron chi connectivity index (χ4n) is 3.14. The third-order valence-electron chi connectivity index (χ3n) is 4.63. The molecule has 0 spiro atoms. The summed E-state index contributed by atoms with van der Waals surface area (Å²) in [6, 6.07) is 7.24. The van der Waals surface area contributed by atoms with E-state index in [-0.39, 0.29) is 11.5 Å². The normalized spacial score (nSPS) is 16.0. The molecule has 6 heteroatoms.